The maximum atomic E-state index is 6.24. The normalized spacial score (nSPS) is 20.5. The van der Waals surface area contributed by atoms with Gasteiger partial charge in [-0.05, 0) is 31.9 Å². The Morgan fingerprint density at radius 2 is 2.33 bits per heavy atom. The van der Waals surface area contributed by atoms with E-state index in [-0.39, 0.29) is 0 Å². The van der Waals surface area contributed by atoms with Crippen LogP contribution in [-0.4, -0.2) is 9.55 Å². The first-order valence-corrected chi connectivity index (χ1v) is 5.80. The van der Waals surface area contributed by atoms with Gasteiger partial charge in [0.1, 0.15) is 5.82 Å². The minimum Gasteiger partial charge on any atom is -0.324 e. The Balaban J connectivity index is 2.38. The van der Waals surface area contributed by atoms with Gasteiger partial charge in [0.05, 0.1) is 16.1 Å². The zero-order chi connectivity index (χ0) is 10.4. The lowest BCUT2D eigenvalue weighted by molar-refractivity contribution is 0.436. The molecule has 0 saturated carbocycles. The summed E-state index contributed by atoms with van der Waals surface area (Å²) in [5.41, 5.74) is 2.15. The maximum absolute atomic E-state index is 6.24. The molecule has 2 nitrogen and oxygen atoms in total. The third-order valence-corrected chi connectivity index (χ3v) is 3.50. The highest BCUT2D eigenvalue weighted by Crippen LogP contribution is 2.32. The first-order valence-electron chi connectivity index (χ1n) is 5.42. The first kappa shape index (κ1) is 9.22. The number of fused-ring (bicyclic) bond motifs is 3. The van der Waals surface area contributed by atoms with E-state index in [9.17, 15) is 0 Å². The number of para-hydroxylation sites is 1. The molecule has 0 fully saturated rings. The number of imidazole rings is 1. The van der Waals surface area contributed by atoms with E-state index in [1.54, 1.807) is 0 Å². The fourth-order valence-electron chi connectivity index (χ4n) is 2.49. The average Bonchev–Trinajstić information content (AvgIpc) is 2.58. The van der Waals surface area contributed by atoms with Crippen molar-refractivity contribution in [2.75, 3.05) is 0 Å². The SMILES string of the molecule is C[C@@H]1CCCc2nc3cccc(Cl)c3n21. The van der Waals surface area contributed by atoms with E-state index in [1.165, 1.54) is 18.7 Å². The van der Waals surface area contributed by atoms with E-state index in [0.717, 1.165) is 22.5 Å². The molecule has 1 aromatic carbocycles. The van der Waals surface area contributed by atoms with Gasteiger partial charge in [-0.1, -0.05) is 17.7 Å². The summed E-state index contributed by atoms with van der Waals surface area (Å²) in [7, 11) is 0. The van der Waals surface area contributed by atoms with Gasteiger partial charge in [-0.2, -0.15) is 0 Å². The van der Waals surface area contributed by atoms with Crippen molar-refractivity contribution in [3.05, 3.63) is 29.0 Å². The van der Waals surface area contributed by atoms with E-state index in [4.69, 9.17) is 11.6 Å². The Kier molecular flexibility index (Phi) is 1.99. The van der Waals surface area contributed by atoms with Crippen LogP contribution in [0.15, 0.2) is 18.2 Å². The van der Waals surface area contributed by atoms with Gasteiger partial charge in [0.25, 0.3) is 0 Å². The minimum atomic E-state index is 0.527. The van der Waals surface area contributed by atoms with E-state index < -0.39 is 0 Å². The van der Waals surface area contributed by atoms with Crippen molar-refractivity contribution in [2.24, 2.45) is 0 Å². The largest absolute Gasteiger partial charge is 0.324 e. The highest BCUT2D eigenvalue weighted by molar-refractivity contribution is 6.35. The molecule has 0 bridgehead atoms. The van der Waals surface area contributed by atoms with Crippen LogP contribution < -0.4 is 0 Å². The molecule has 1 atom stereocenters. The number of aromatic nitrogens is 2. The number of aryl methyl sites for hydroxylation is 1. The van der Waals surface area contributed by atoms with Crippen LogP contribution >= 0.6 is 11.6 Å². The quantitative estimate of drug-likeness (QED) is 0.664. The lowest BCUT2D eigenvalue weighted by Gasteiger charge is -2.22. The molecule has 3 heteroatoms. The smallest absolute Gasteiger partial charge is 0.110 e. The van der Waals surface area contributed by atoms with Crippen LogP contribution in [0, 0.1) is 0 Å². The molecule has 1 aliphatic rings. The van der Waals surface area contributed by atoms with Gasteiger partial charge in [-0.25, -0.2) is 4.98 Å². The summed E-state index contributed by atoms with van der Waals surface area (Å²) in [6.45, 7) is 2.24. The van der Waals surface area contributed by atoms with Gasteiger partial charge in [-0.15, -0.1) is 0 Å². The highest BCUT2D eigenvalue weighted by atomic mass is 35.5. The maximum Gasteiger partial charge on any atom is 0.110 e. The Labute approximate surface area is 93.9 Å². The standard InChI is InChI=1S/C12H13ClN2/c1-8-4-2-7-11-14-10-6-3-5-9(13)12(10)15(8)11/h3,5-6,8H,2,4,7H2,1H3/t8-/m1/s1. The zero-order valence-electron chi connectivity index (χ0n) is 8.70. The first-order chi connectivity index (χ1) is 7.27. The third-order valence-electron chi connectivity index (χ3n) is 3.20. The van der Waals surface area contributed by atoms with Crippen LogP contribution in [0.5, 0.6) is 0 Å². The topological polar surface area (TPSA) is 17.8 Å². The Morgan fingerprint density at radius 1 is 1.47 bits per heavy atom. The predicted molar refractivity (Wildman–Crippen MR) is 62.4 cm³/mol. The molecule has 3 rings (SSSR count). The van der Waals surface area contributed by atoms with E-state index in [0.29, 0.717) is 6.04 Å². The summed E-state index contributed by atoms with van der Waals surface area (Å²) < 4.78 is 2.31. The van der Waals surface area contributed by atoms with Gasteiger partial charge in [0, 0.05) is 12.5 Å². The second-order valence-corrected chi connectivity index (χ2v) is 4.65. The molecule has 1 aromatic heterocycles. The van der Waals surface area contributed by atoms with Crippen molar-refractivity contribution >= 4 is 22.6 Å². The Morgan fingerprint density at radius 3 is 3.20 bits per heavy atom. The lowest BCUT2D eigenvalue weighted by atomic mass is 10.1. The average molecular weight is 221 g/mol. The van der Waals surface area contributed by atoms with Gasteiger partial charge < -0.3 is 4.57 Å². The molecule has 0 saturated heterocycles. The zero-order valence-corrected chi connectivity index (χ0v) is 9.46. The molecule has 2 aromatic rings. The summed E-state index contributed by atoms with van der Waals surface area (Å²) in [6, 6.07) is 6.48. The van der Waals surface area contributed by atoms with E-state index in [2.05, 4.69) is 16.5 Å². The van der Waals surface area contributed by atoms with Gasteiger partial charge in [-0.3, -0.25) is 0 Å². The van der Waals surface area contributed by atoms with Crippen LogP contribution in [0.25, 0.3) is 11.0 Å². The van der Waals surface area contributed by atoms with Crippen molar-refractivity contribution < 1.29 is 0 Å². The highest BCUT2D eigenvalue weighted by Gasteiger charge is 2.21. The summed E-state index contributed by atoms with van der Waals surface area (Å²) in [5.74, 6) is 1.19. The molecular weight excluding hydrogens is 208 g/mol. The van der Waals surface area contributed by atoms with Crippen molar-refractivity contribution in [3.63, 3.8) is 0 Å². The number of halogens is 1. The van der Waals surface area contributed by atoms with Crippen LogP contribution in [0.1, 0.15) is 31.6 Å². The fourth-order valence-corrected chi connectivity index (χ4v) is 2.75. The summed E-state index contributed by atoms with van der Waals surface area (Å²) >= 11 is 6.24. The van der Waals surface area contributed by atoms with Crippen molar-refractivity contribution in [1.82, 2.24) is 9.55 Å². The van der Waals surface area contributed by atoms with Crippen LogP contribution in [0.3, 0.4) is 0 Å². The van der Waals surface area contributed by atoms with Gasteiger partial charge in [0.2, 0.25) is 0 Å². The predicted octanol–water partition coefficient (Wildman–Crippen LogP) is 3.59. The molecule has 0 spiro atoms. The van der Waals surface area contributed by atoms with Crippen LogP contribution in [0.4, 0.5) is 0 Å². The number of hydrogen-bond acceptors (Lipinski definition) is 1. The fraction of sp³-hybridized carbons (Fsp3) is 0.417. The molecule has 0 aliphatic carbocycles. The summed E-state index contributed by atoms with van der Waals surface area (Å²) in [4.78, 5) is 4.64. The monoisotopic (exact) mass is 220 g/mol. The lowest BCUT2D eigenvalue weighted by Crippen LogP contribution is -2.15. The number of benzene rings is 1. The van der Waals surface area contributed by atoms with E-state index in [1.807, 2.05) is 18.2 Å². The molecule has 0 unspecified atom stereocenters. The van der Waals surface area contributed by atoms with Crippen LogP contribution in [0.2, 0.25) is 5.02 Å². The summed E-state index contributed by atoms with van der Waals surface area (Å²) in [5, 5.41) is 0.819. The van der Waals surface area contributed by atoms with Gasteiger partial charge >= 0.3 is 0 Å². The number of hydrogen-bond donors (Lipinski definition) is 0. The number of nitrogens with zero attached hydrogens (tertiary/aromatic N) is 2. The van der Waals surface area contributed by atoms with Crippen molar-refractivity contribution in [1.29, 1.82) is 0 Å². The van der Waals surface area contributed by atoms with Crippen LogP contribution in [-0.2, 0) is 6.42 Å². The van der Waals surface area contributed by atoms with Crippen molar-refractivity contribution in [3.8, 4) is 0 Å². The molecule has 1 aliphatic heterocycles. The molecule has 0 amide bonds. The molecule has 0 N–H and O–H groups in total. The van der Waals surface area contributed by atoms with Crippen molar-refractivity contribution in [2.45, 2.75) is 32.2 Å². The van der Waals surface area contributed by atoms with E-state index >= 15 is 0 Å². The summed E-state index contributed by atoms with van der Waals surface area (Å²) in [6.07, 6.45) is 3.54. The second-order valence-electron chi connectivity index (χ2n) is 4.25. The second kappa shape index (κ2) is 3.24. The molecule has 2 heterocycles. The van der Waals surface area contributed by atoms with Gasteiger partial charge in [0.15, 0.2) is 0 Å². The minimum absolute atomic E-state index is 0.527. The molecular formula is C12H13ClN2. The molecule has 0 radical (unpaired) electrons. The third kappa shape index (κ3) is 1.28. The Bertz CT molecular complexity index is 516. The molecule has 78 valence electrons. The number of rotatable bonds is 0. The Hall–Kier alpha value is -1.02. The molecule has 15 heavy (non-hydrogen) atoms.